The molecule has 1 aromatic heterocycles. The molecular formula is C16H19N. The molecular weight excluding hydrogens is 206 g/mol. The summed E-state index contributed by atoms with van der Waals surface area (Å²) in [6.45, 7) is 8.74. The van der Waals surface area contributed by atoms with Gasteiger partial charge in [0.05, 0.1) is 5.69 Å². The number of aromatic nitrogens is 1. The fourth-order valence-corrected chi connectivity index (χ4v) is 1.78. The minimum atomic E-state index is 0.208. The highest BCUT2D eigenvalue weighted by Gasteiger charge is 2.13. The Kier molecular flexibility index (Phi) is 3.01. The van der Waals surface area contributed by atoms with Crippen LogP contribution in [0.15, 0.2) is 42.6 Å². The third kappa shape index (κ3) is 2.73. The van der Waals surface area contributed by atoms with Gasteiger partial charge < -0.3 is 0 Å². The van der Waals surface area contributed by atoms with E-state index in [4.69, 9.17) is 0 Å². The maximum absolute atomic E-state index is 4.44. The molecule has 0 aliphatic heterocycles. The van der Waals surface area contributed by atoms with Gasteiger partial charge in [-0.25, -0.2) is 0 Å². The number of pyridine rings is 1. The summed E-state index contributed by atoms with van der Waals surface area (Å²) in [4.78, 5) is 4.44. The molecule has 0 amide bonds. The highest BCUT2D eigenvalue weighted by Crippen LogP contribution is 2.25. The molecule has 0 N–H and O–H groups in total. The summed E-state index contributed by atoms with van der Waals surface area (Å²) in [6, 6.07) is 12.9. The van der Waals surface area contributed by atoms with Crippen LogP contribution in [-0.4, -0.2) is 4.98 Å². The SMILES string of the molecule is Cc1ccc(-c2ccc(C(C)(C)C)cc2)nc1. The molecule has 0 bridgehead atoms. The summed E-state index contributed by atoms with van der Waals surface area (Å²) in [6.07, 6.45) is 1.91. The van der Waals surface area contributed by atoms with Gasteiger partial charge in [0.25, 0.3) is 0 Å². The van der Waals surface area contributed by atoms with Gasteiger partial charge in [-0.05, 0) is 29.5 Å². The standard InChI is InChI=1S/C16H19N/c1-12-5-10-15(17-11-12)13-6-8-14(9-7-13)16(2,3)4/h5-11H,1-4H3. The summed E-state index contributed by atoms with van der Waals surface area (Å²) in [5.41, 5.74) is 4.97. The monoisotopic (exact) mass is 225 g/mol. The van der Waals surface area contributed by atoms with Crippen molar-refractivity contribution in [3.05, 3.63) is 53.7 Å². The molecule has 0 saturated carbocycles. The third-order valence-electron chi connectivity index (χ3n) is 2.96. The van der Waals surface area contributed by atoms with Gasteiger partial charge in [0.2, 0.25) is 0 Å². The van der Waals surface area contributed by atoms with Crippen LogP contribution >= 0.6 is 0 Å². The second kappa shape index (κ2) is 4.33. The molecule has 2 aromatic rings. The Morgan fingerprint density at radius 1 is 0.882 bits per heavy atom. The van der Waals surface area contributed by atoms with Gasteiger partial charge in [-0.3, -0.25) is 4.98 Å². The lowest BCUT2D eigenvalue weighted by atomic mass is 9.86. The quantitative estimate of drug-likeness (QED) is 0.703. The number of hydrogen-bond acceptors (Lipinski definition) is 1. The molecule has 0 fully saturated rings. The minimum Gasteiger partial charge on any atom is -0.256 e. The van der Waals surface area contributed by atoms with E-state index >= 15 is 0 Å². The molecule has 1 aromatic carbocycles. The third-order valence-corrected chi connectivity index (χ3v) is 2.96. The lowest BCUT2D eigenvalue weighted by Gasteiger charge is -2.19. The Balaban J connectivity index is 2.33. The van der Waals surface area contributed by atoms with E-state index in [0.29, 0.717) is 0 Å². The molecule has 0 saturated heterocycles. The van der Waals surface area contributed by atoms with Crippen LogP contribution in [-0.2, 0) is 5.41 Å². The Hall–Kier alpha value is -1.63. The van der Waals surface area contributed by atoms with Crippen LogP contribution in [0.2, 0.25) is 0 Å². The van der Waals surface area contributed by atoms with E-state index in [9.17, 15) is 0 Å². The lowest BCUT2D eigenvalue weighted by Crippen LogP contribution is -2.10. The minimum absolute atomic E-state index is 0.208. The maximum atomic E-state index is 4.44. The molecule has 1 nitrogen and oxygen atoms in total. The number of hydrogen-bond donors (Lipinski definition) is 0. The Labute approximate surface area is 104 Å². The van der Waals surface area contributed by atoms with E-state index in [1.165, 1.54) is 16.7 Å². The smallest absolute Gasteiger partial charge is 0.0702 e. The van der Waals surface area contributed by atoms with Crippen LogP contribution in [0, 0.1) is 6.92 Å². The van der Waals surface area contributed by atoms with Crippen LogP contribution in [0.5, 0.6) is 0 Å². The highest BCUT2D eigenvalue weighted by molar-refractivity contribution is 5.59. The zero-order valence-electron chi connectivity index (χ0n) is 11.0. The van der Waals surface area contributed by atoms with E-state index in [2.05, 4.69) is 69.1 Å². The highest BCUT2D eigenvalue weighted by atomic mass is 14.7. The number of aryl methyl sites for hydroxylation is 1. The fourth-order valence-electron chi connectivity index (χ4n) is 1.78. The van der Waals surface area contributed by atoms with Crippen molar-refractivity contribution >= 4 is 0 Å². The molecule has 88 valence electrons. The fraction of sp³-hybridized carbons (Fsp3) is 0.312. The molecule has 2 rings (SSSR count). The van der Waals surface area contributed by atoms with E-state index < -0.39 is 0 Å². The van der Waals surface area contributed by atoms with Gasteiger partial charge in [0.1, 0.15) is 0 Å². The topological polar surface area (TPSA) is 12.9 Å². The van der Waals surface area contributed by atoms with Gasteiger partial charge in [-0.15, -0.1) is 0 Å². The van der Waals surface area contributed by atoms with Crippen molar-refractivity contribution in [3.63, 3.8) is 0 Å². The van der Waals surface area contributed by atoms with Crippen LogP contribution in [0.3, 0.4) is 0 Å². The molecule has 0 aliphatic rings. The second-order valence-corrected chi connectivity index (χ2v) is 5.55. The predicted octanol–water partition coefficient (Wildman–Crippen LogP) is 4.35. The predicted molar refractivity (Wildman–Crippen MR) is 73.1 cm³/mol. The summed E-state index contributed by atoms with van der Waals surface area (Å²) in [5.74, 6) is 0. The van der Waals surface area contributed by atoms with E-state index in [0.717, 1.165) is 5.69 Å². The van der Waals surface area contributed by atoms with Crippen LogP contribution in [0.1, 0.15) is 31.9 Å². The van der Waals surface area contributed by atoms with Crippen molar-refractivity contribution in [1.82, 2.24) is 4.98 Å². The molecule has 0 spiro atoms. The van der Waals surface area contributed by atoms with E-state index in [1.54, 1.807) is 0 Å². The average molecular weight is 225 g/mol. The van der Waals surface area contributed by atoms with Gasteiger partial charge >= 0.3 is 0 Å². The zero-order chi connectivity index (χ0) is 12.5. The van der Waals surface area contributed by atoms with E-state index in [-0.39, 0.29) is 5.41 Å². The molecule has 1 heterocycles. The van der Waals surface area contributed by atoms with Crippen molar-refractivity contribution < 1.29 is 0 Å². The first-order chi connectivity index (χ1) is 7.97. The number of rotatable bonds is 1. The van der Waals surface area contributed by atoms with Crippen LogP contribution in [0.25, 0.3) is 11.3 Å². The largest absolute Gasteiger partial charge is 0.256 e. The molecule has 1 heteroatoms. The summed E-state index contributed by atoms with van der Waals surface area (Å²) < 4.78 is 0. The van der Waals surface area contributed by atoms with Crippen molar-refractivity contribution in [3.8, 4) is 11.3 Å². The average Bonchev–Trinajstić information content (AvgIpc) is 2.29. The summed E-state index contributed by atoms with van der Waals surface area (Å²) >= 11 is 0. The Morgan fingerprint density at radius 2 is 1.53 bits per heavy atom. The van der Waals surface area contributed by atoms with Gasteiger partial charge in [-0.1, -0.05) is 51.1 Å². The molecule has 0 atom stereocenters. The summed E-state index contributed by atoms with van der Waals surface area (Å²) in [7, 11) is 0. The molecule has 17 heavy (non-hydrogen) atoms. The second-order valence-electron chi connectivity index (χ2n) is 5.55. The summed E-state index contributed by atoms with van der Waals surface area (Å²) in [5, 5.41) is 0. The molecule has 0 unspecified atom stereocenters. The van der Waals surface area contributed by atoms with Crippen LogP contribution in [0.4, 0.5) is 0 Å². The van der Waals surface area contributed by atoms with Crippen molar-refractivity contribution in [1.29, 1.82) is 0 Å². The van der Waals surface area contributed by atoms with Gasteiger partial charge in [0, 0.05) is 11.8 Å². The zero-order valence-corrected chi connectivity index (χ0v) is 11.0. The van der Waals surface area contributed by atoms with E-state index in [1.807, 2.05) is 6.20 Å². The first kappa shape index (κ1) is 11.8. The molecule has 0 aliphatic carbocycles. The first-order valence-electron chi connectivity index (χ1n) is 6.00. The normalized spacial score (nSPS) is 11.5. The first-order valence-corrected chi connectivity index (χ1v) is 6.00. The van der Waals surface area contributed by atoms with Crippen LogP contribution < -0.4 is 0 Å². The number of benzene rings is 1. The number of nitrogens with zero attached hydrogens (tertiary/aromatic N) is 1. The lowest BCUT2D eigenvalue weighted by molar-refractivity contribution is 0.590. The van der Waals surface area contributed by atoms with Gasteiger partial charge in [-0.2, -0.15) is 0 Å². The van der Waals surface area contributed by atoms with Crippen molar-refractivity contribution in [2.45, 2.75) is 33.1 Å². The molecule has 0 radical (unpaired) electrons. The van der Waals surface area contributed by atoms with Gasteiger partial charge in [0.15, 0.2) is 0 Å². The Bertz CT molecular complexity index is 487. The maximum Gasteiger partial charge on any atom is 0.0702 e. The Morgan fingerprint density at radius 3 is 2.00 bits per heavy atom. The van der Waals surface area contributed by atoms with Crippen molar-refractivity contribution in [2.75, 3.05) is 0 Å². The van der Waals surface area contributed by atoms with Crippen molar-refractivity contribution in [2.24, 2.45) is 0 Å².